The molecular weight excluding hydrogens is 340 g/mol. The monoisotopic (exact) mass is 343 g/mol. The van der Waals surface area contributed by atoms with Gasteiger partial charge in [0, 0.05) is 5.56 Å². The smallest absolute Gasteiger partial charge is 0.435 e. The van der Waals surface area contributed by atoms with Crippen molar-refractivity contribution in [3.05, 3.63) is 34.7 Å². The summed E-state index contributed by atoms with van der Waals surface area (Å²) in [7, 11) is 0. The summed E-state index contributed by atoms with van der Waals surface area (Å²) in [5.74, 6) is -1.04. The van der Waals surface area contributed by atoms with E-state index in [9.17, 15) is 31.4 Å². The molecule has 0 saturated heterocycles. The molecule has 1 N–H and O–H groups in total. The number of aromatic nitrogens is 3. The first-order chi connectivity index (χ1) is 10.00. The van der Waals surface area contributed by atoms with Gasteiger partial charge in [-0.3, -0.25) is 0 Å². The zero-order valence-electron chi connectivity index (χ0n) is 10.2. The van der Waals surface area contributed by atoms with Gasteiger partial charge in [-0.2, -0.15) is 26.3 Å². The second-order valence-electron chi connectivity index (χ2n) is 4.01. The Labute approximate surface area is 123 Å². The van der Waals surface area contributed by atoms with Crippen LogP contribution in [-0.4, -0.2) is 20.3 Å². The van der Waals surface area contributed by atoms with Gasteiger partial charge in [-0.1, -0.05) is 0 Å². The Morgan fingerprint density at radius 1 is 0.955 bits per heavy atom. The van der Waals surface area contributed by atoms with Crippen molar-refractivity contribution < 1.29 is 31.4 Å². The molecule has 1 aromatic heterocycles. The highest BCUT2D eigenvalue weighted by Crippen LogP contribution is 2.40. The molecule has 4 nitrogen and oxygen atoms in total. The fourth-order valence-electron chi connectivity index (χ4n) is 1.59. The molecule has 0 aliphatic heterocycles. The summed E-state index contributed by atoms with van der Waals surface area (Å²) in [5.41, 5.74) is -4.32. The molecule has 0 unspecified atom stereocenters. The molecule has 118 valence electrons. The Kier molecular flexibility index (Phi) is 3.90. The molecule has 0 spiro atoms. The van der Waals surface area contributed by atoms with E-state index in [1.165, 1.54) is 0 Å². The largest absolute Gasteiger partial charge is 0.507 e. The Morgan fingerprint density at radius 3 is 2.09 bits per heavy atom. The van der Waals surface area contributed by atoms with Crippen molar-refractivity contribution in [3.8, 4) is 17.0 Å². The molecule has 0 radical (unpaired) electrons. The second-order valence-corrected chi connectivity index (χ2v) is 4.34. The molecular formula is C11H4ClF6N3O. The standard InChI is InChI=1S/C11H4ClF6N3O/c12-9-19-8(11(16,17)18)7(20-21-9)5-2-1-4(3-6(5)22)10(13,14)15/h1-3,22H. The normalized spacial score (nSPS) is 12.5. The van der Waals surface area contributed by atoms with Gasteiger partial charge in [0.2, 0.25) is 5.28 Å². The van der Waals surface area contributed by atoms with Crippen LogP contribution in [0.4, 0.5) is 26.3 Å². The fourth-order valence-corrected chi connectivity index (χ4v) is 1.72. The van der Waals surface area contributed by atoms with Gasteiger partial charge in [0.05, 0.1) is 5.56 Å². The topological polar surface area (TPSA) is 58.9 Å². The summed E-state index contributed by atoms with van der Waals surface area (Å²) < 4.78 is 76.0. The Morgan fingerprint density at radius 2 is 1.59 bits per heavy atom. The minimum absolute atomic E-state index is 0.284. The molecule has 0 fully saturated rings. The lowest BCUT2D eigenvalue weighted by Crippen LogP contribution is -2.13. The highest BCUT2D eigenvalue weighted by atomic mass is 35.5. The number of phenolic OH excluding ortho intramolecular Hbond substituents is 1. The first-order valence-electron chi connectivity index (χ1n) is 5.38. The van der Waals surface area contributed by atoms with Crippen molar-refractivity contribution in [2.45, 2.75) is 12.4 Å². The summed E-state index contributed by atoms with van der Waals surface area (Å²) in [6.07, 6.45) is -9.74. The van der Waals surface area contributed by atoms with Crippen molar-refractivity contribution >= 4 is 11.6 Å². The van der Waals surface area contributed by atoms with Crippen molar-refractivity contribution in [1.82, 2.24) is 15.2 Å². The minimum Gasteiger partial charge on any atom is -0.507 e. The van der Waals surface area contributed by atoms with Crippen molar-refractivity contribution in [3.63, 3.8) is 0 Å². The van der Waals surface area contributed by atoms with E-state index in [1.807, 2.05) is 0 Å². The van der Waals surface area contributed by atoms with Crippen LogP contribution in [0.2, 0.25) is 5.28 Å². The molecule has 0 amide bonds. The van der Waals surface area contributed by atoms with E-state index in [4.69, 9.17) is 11.6 Å². The van der Waals surface area contributed by atoms with Gasteiger partial charge in [-0.05, 0) is 29.8 Å². The molecule has 11 heteroatoms. The maximum Gasteiger partial charge on any atom is 0.435 e. The molecule has 0 bridgehead atoms. The zero-order valence-corrected chi connectivity index (χ0v) is 10.9. The molecule has 2 rings (SSSR count). The molecule has 1 heterocycles. The van der Waals surface area contributed by atoms with Gasteiger partial charge >= 0.3 is 12.4 Å². The third-order valence-electron chi connectivity index (χ3n) is 2.51. The minimum atomic E-state index is -4.98. The maximum absolute atomic E-state index is 12.9. The number of halogens is 7. The summed E-state index contributed by atoms with van der Waals surface area (Å²) in [4.78, 5) is 2.97. The number of rotatable bonds is 1. The second kappa shape index (κ2) is 5.27. The quantitative estimate of drug-likeness (QED) is 0.797. The number of phenols is 1. The van der Waals surface area contributed by atoms with Crippen LogP contribution in [0.25, 0.3) is 11.3 Å². The van der Waals surface area contributed by atoms with E-state index < -0.39 is 45.9 Å². The van der Waals surface area contributed by atoms with Gasteiger partial charge < -0.3 is 5.11 Å². The summed E-state index contributed by atoms with van der Waals surface area (Å²) in [6.45, 7) is 0. The first kappa shape index (κ1) is 16.3. The molecule has 1 aromatic carbocycles. The Bertz CT molecular complexity index is 716. The molecule has 2 aromatic rings. The van der Waals surface area contributed by atoms with Crippen LogP contribution in [-0.2, 0) is 12.4 Å². The van der Waals surface area contributed by atoms with Crippen LogP contribution in [0.15, 0.2) is 18.2 Å². The number of hydrogen-bond donors (Lipinski definition) is 1. The zero-order chi connectivity index (χ0) is 16.7. The first-order valence-corrected chi connectivity index (χ1v) is 5.76. The Hall–Kier alpha value is -2.10. The molecule has 0 atom stereocenters. The lowest BCUT2D eigenvalue weighted by molar-refractivity contribution is -0.141. The van der Waals surface area contributed by atoms with Crippen molar-refractivity contribution in [1.29, 1.82) is 0 Å². The summed E-state index contributed by atoms with van der Waals surface area (Å²) >= 11 is 5.24. The third kappa shape index (κ3) is 3.21. The predicted molar refractivity (Wildman–Crippen MR) is 61.9 cm³/mol. The fraction of sp³-hybridized carbons (Fsp3) is 0.182. The van der Waals surface area contributed by atoms with Crippen LogP contribution in [0.5, 0.6) is 5.75 Å². The van der Waals surface area contributed by atoms with Crippen molar-refractivity contribution in [2.75, 3.05) is 0 Å². The van der Waals surface area contributed by atoms with E-state index in [0.717, 1.165) is 0 Å². The van der Waals surface area contributed by atoms with E-state index in [-0.39, 0.29) is 6.07 Å². The number of nitrogens with zero attached hydrogens (tertiary/aromatic N) is 3. The molecule has 0 aliphatic rings. The van der Waals surface area contributed by atoms with Crippen molar-refractivity contribution in [2.24, 2.45) is 0 Å². The average Bonchev–Trinajstić information content (AvgIpc) is 2.37. The Balaban J connectivity index is 2.63. The van der Waals surface area contributed by atoms with Crippen LogP contribution in [0.1, 0.15) is 11.3 Å². The predicted octanol–water partition coefficient (Wildman–Crippen LogP) is 3.94. The van der Waals surface area contributed by atoms with Crippen LogP contribution >= 0.6 is 11.6 Å². The summed E-state index contributed by atoms with van der Waals surface area (Å²) in [6, 6.07) is 1.43. The van der Waals surface area contributed by atoms with E-state index in [2.05, 4.69) is 15.2 Å². The highest BCUT2D eigenvalue weighted by Gasteiger charge is 2.38. The number of alkyl halides is 6. The summed E-state index contributed by atoms with van der Waals surface area (Å²) in [5, 5.41) is 15.1. The van der Waals surface area contributed by atoms with E-state index >= 15 is 0 Å². The maximum atomic E-state index is 12.9. The van der Waals surface area contributed by atoms with Gasteiger partial charge in [0.1, 0.15) is 11.4 Å². The SMILES string of the molecule is Oc1cc(C(F)(F)F)ccc1-c1nnc(Cl)nc1C(F)(F)F. The number of benzene rings is 1. The third-order valence-corrected chi connectivity index (χ3v) is 2.67. The van der Waals surface area contributed by atoms with Gasteiger partial charge in [0.25, 0.3) is 0 Å². The van der Waals surface area contributed by atoms with Gasteiger partial charge in [-0.25, -0.2) is 4.98 Å². The van der Waals surface area contributed by atoms with E-state index in [0.29, 0.717) is 12.1 Å². The van der Waals surface area contributed by atoms with Gasteiger partial charge in [-0.15, -0.1) is 10.2 Å². The molecule has 0 saturated carbocycles. The van der Waals surface area contributed by atoms with Crippen LogP contribution in [0, 0.1) is 0 Å². The average molecular weight is 344 g/mol. The van der Waals surface area contributed by atoms with Crippen LogP contribution < -0.4 is 0 Å². The van der Waals surface area contributed by atoms with Gasteiger partial charge in [0.15, 0.2) is 5.69 Å². The number of hydrogen-bond acceptors (Lipinski definition) is 4. The van der Waals surface area contributed by atoms with E-state index in [1.54, 1.807) is 0 Å². The highest BCUT2D eigenvalue weighted by molar-refractivity contribution is 6.28. The van der Waals surface area contributed by atoms with Crippen LogP contribution in [0.3, 0.4) is 0 Å². The molecule has 22 heavy (non-hydrogen) atoms. The number of aromatic hydroxyl groups is 1. The lowest BCUT2D eigenvalue weighted by atomic mass is 10.1. The molecule has 0 aliphatic carbocycles. The lowest BCUT2D eigenvalue weighted by Gasteiger charge is -2.13.